The predicted octanol–water partition coefficient (Wildman–Crippen LogP) is 2.42. The van der Waals surface area contributed by atoms with E-state index in [1.807, 2.05) is 13.8 Å². The molecule has 1 N–H and O–H groups in total. The van der Waals surface area contributed by atoms with Crippen molar-refractivity contribution in [2.45, 2.75) is 13.8 Å². The quantitative estimate of drug-likeness (QED) is 0.561. The van der Waals surface area contributed by atoms with Crippen LogP contribution in [0.2, 0.25) is 0 Å². The Hall–Kier alpha value is -2.01. The minimum absolute atomic E-state index is 0.171. The number of rotatable bonds is 9. The number of hydrogen-bond donors (Lipinski definition) is 1. The molecule has 0 spiro atoms. The summed E-state index contributed by atoms with van der Waals surface area (Å²) in [5.41, 5.74) is 1.48. The van der Waals surface area contributed by atoms with E-state index in [0.29, 0.717) is 43.4 Å². The van der Waals surface area contributed by atoms with Gasteiger partial charge in [-0.15, -0.1) is 0 Å². The third-order valence-electron chi connectivity index (χ3n) is 2.61. The van der Waals surface area contributed by atoms with Crippen molar-refractivity contribution in [2.75, 3.05) is 33.5 Å². The van der Waals surface area contributed by atoms with Crippen LogP contribution in [0.5, 0.6) is 11.5 Å². The van der Waals surface area contributed by atoms with Crippen molar-refractivity contribution in [3.63, 3.8) is 0 Å². The SMILES string of the molecule is C=C(C)COCCNC(=O)c1ccc(OCC)c(OC)c1. The van der Waals surface area contributed by atoms with Crippen molar-refractivity contribution < 1.29 is 19.0 Å². The molecular formula is C16H23NO4. The standard InChI is InChI=1S/C16H23NO4/c1-5-21-14-7-6-13(10-15(14)19-4)16(18)17-8-9-20-11-12(2)3/h6-7,10H,2,5,8-9,11H2,1,3-4H3,(H,17,18). The summed E-state index contributed by atoms with van der Waals surface area (Å²) >= 11 is 0. The van der Waals surface area contributed by atoms with E-state index in [1.54, 1.807) is 25.3 Å². The van der Waals surface area contributed by atoms with Crippen molar-refractivity contribution in [3.05, 3.63) is 35.9 Å². The number of nitrogens with one attached hydrogen (secondary N) is 1. The van der Waals surface area contributed by atoms with E-state index in [2.05, 4.69) is 11.9 Å². The lowest BCUT2D eigenvalue weighted by Gasteiger charge is -2.11. The molecule has 1 amide bonds. The molecule has 5 nitrogen and oxygen atoms in total. The molecule has 116 valence electrons. The molecule has 0 saturated heterocycles. The molecule has 0 aliphatic rings. The number of hydrogen-bond acceptors (Lipinski definition) is 4. The fourth-order valence-electron chi connectivity index (χ4n) is 1.67. The van der Waals surface area contributed by atoms with Gasteiger partial charge in [0, 0.05) is 12.1 Å². The van der Waals surface area contributed by atoms with Crippen LogP contribution in [-0.2, 0) is 4.74 Å². The Labute approximate surface area is 125 Å². The van der Waals surface area contributed by atoms with Crippen LogP contribution in [0.25, 0.3) is 0 Å². The second kappa shape index (κ2) is 9.02. The summed E-state index contributed by atoms with van der Waals surface area (Å²) in [5.74, 6) is 1.000. The topological polar surface area (TPSA) is 56.8 Å². The summed E-state index contributed by atoms with van der Waals surface area (Å²) in [6.45, 7) is 9.47. The Kier molecular flexibility index (Phi) is 7.32. The highest BCUT2D eigenvalue weighted by molar-refractivity contribution is 5.94. The van der Waals surface area contributed by atoms with Crippen molar-refractivity contribution in [2.24, 2.45) is 0 Å². The third kappa shape index (κ3) is 5.87. The minimum atomic E-state index is -0.171. The van der Waals surface area contributed by atoms with Crippen LogP contribution in [0, 0.1) is 0 Å². The zero-order valence-electron chi connectivity index (χ0n) is 12.9. The van der Waals surface area contributed by atoms with Crippen LogP contribution in [-0.4, -0.2) is 39.4 Å². The maximum atomic E-state index is 12.0. The molecule has 0 bridgehead atoms. The van der Waals surface area contributed by atoms with Gasteiger partial charge in [0.05, 0.1) is 26.9 Å². The fraction of sp³-hybridized carbons (Fsp3) is 0.438. The van der Waals surface area contributed by atoms with Crippen LogP contribution < -0.4 is 14.8 Å². The first-order chi connectivity index (χ1) is 10.1. The van der Waals surface area contributed by atoms with Gasteiger partial charge in [-0.25, -0.2) is 0 Å². The molecule has 0 heterocycles. The molecule has 0 radical (unpaired) electrons. The van der Waals surface area contributed by atoms with Gasteiger partial charge in [0.25, 0.3) is 5.91 Å². The number of ether oxygens (including phenoxy) is 3. The molecular weight excluding hydrogens is 270 g/mol. The molecule has 21 heavy (non-hydrogen) atoms. The lowest BCUT2D eigenvalue weighted by atomic mass is 10.2. The maximum absolute atomic E-state index is 12.0. The number of carbonyl (C=O) groups is 1. The van der Waals surface area contributed by atoms with Gasteiger partial charge < -0.3 is 19.5 Å². The van der Waals surface area contributed by atoms with Crippen LogP contribution in [0.15, 0.2) is 30.4 Å². The van der Waals surface area contributed by atoms with Gasteiger partial charge >= 0.3 is 0 Å². The Balaban J connectivity index is 2.52. The lowest BCUT2D eigenvalue weighted by Crippen LogP contribution is -2.27. The highest BCUT2D eigenvalue weighted by atomic mass is 16.5. The Bertz CT molecular complexity index is 485. The van der Waals surface area contributed by atoms with Crippen LogP contribution in [0.4, 0.5) is 0 Å². The molecule has 1 rings (SSSR count). The van der Waals surface area contributed by atoms with E-state index in [-0.39, 0.29) is 5.91 Å². The summed E-state index contributed by atoms with van der Waals surface area (Å²) in [6.07, 6.45) is 0. The molecule has 1 aromatic rings. The third-order valence-corrected chi connectivity index (χ3v) is 2.61. The number of amides is 1. The van der Waals surface area contributed by atoms with Crippen molar-refractivity contribution in [3.8, 4) is 11.5 Å². The van der Waals surface area contributed by atoms with Gasteiger partial charge in [-0.3, -0.25) is 4.79 Å². The summed E-state index contributed by atoms with van der Waals surface area (Å²) in [6, 6.07) is 5.10. The van der Waals surface area contributed by atoms with Gasteiger partial charge in [-0.2, -0.15) is 0 Å². The first-order valence-electron chi connectivity index (χ1n) is 6.89. The first-order valence-corrected chi connectivity index (χ1v) is 6.89. The smallest absolute Gasteiger partial charge is 0.251 e. The van der Waals surface area contributed by atoms with Crippen LogP contribution in [0.3, 0.4) is 0 Å². The van der Waals surface area contributed by atoms with E-state index in [0.717, 1.165) is 5.57 Å². The molecule has 5 heteroatoms. The molecule has 0 aromatic heterocycles. The van der Waals surface area contributed by atoms with E-state index < -0.39 is 0 Å². The van der Waals surface area contributed by atoms with Crippen LogP contribution in [0.1, 0.15) is 24.2 Å². The monoisotopic (exact) mass is 293 g/mol. The molecule has 0 atom stereocenters. The van der Waals surface area contributed by atoms with E-state index in [9.17, 15) is 4.79 Å². The number of benzene rings is 1. The summed E-state index contributed by atoms with van der Waals surface area (Å²) in [4.78, 5) is 12.0. The van der Waals surface area contributed by atoms with Crippen LogP contribution >= 0.6 is 0 Å². The summed E-state index contributed by atoms with van der Waals surface area (Å²) in [7, 11) is 1.55. The van der Waals surface area contributed by atoms with Crippen molar-refractivity contribution >= 4 is 5.91 Å². The van der Waals surface area contributed by atoms with E-state index in [1.165, 1.54) is 0 Å². The number of methoxy groups -OCH3 is 1. The van der Waals surface area contributed by atoms with Gasteiger partial charge in [0.2, 0.25) is 0 Å². The van der Waals surface area contributed by atoms with E-state index >= 15 is 0 Å². The maximum Gasteiger partial charge on any atom is 0.251 e. The Morgan fingerprint density at radius 3 is 2.71 bits per heavy atom. The molecule has 0 fully saturated rings. The van der Waals surface area contributed by atoms with Crippen molar-refractivity contribution in [1.29, 1.82) is 0 Å². The normalized spacial score (nSPS) is 10.0. The summed E-state index contributed by atoms with van der Waals surface area (Å²) in [5, 5.41) is 2.79. The second-order valence-corrected chi connectivity index (χ2v) is 4.56. The van der Waals surface area contributed by atoms with Crippen molar-refractivity contribution in [1.82, 2.24) is 5.32 Å². The average Bonchev–Trinajstić information content (AvgIpc) is 2.47. The summed E-state index contributed by atoms with van der Waals surface area (Å²) < 4.78 is 16.0. The highest BCUT2D eigenvalue weighted by Gasteiger charge is 2.10. The molecule has 1 aromatic carbocycles. The fourth-order valence-corrected chi connectivity index (χ4v) is 1.67. The van der Waals surface area contributed by atoms with Gasteiger partial charge in [0.15, 0.2) is 11.5 Å². The molecule has 0 aliphatic carbocycles. The van der Waals surface area contributed by atoms with E-state index in [4.69, 9.17) is 14.2 Å². The zero-order chi connectivity index (χ0) is 15.7. The predicted molar refractivity (Wildman–Crippen MR) is 82.1 cm³/mol. The largest absolute Gasteiger partial charge is 0.493 e. The van der Waals surface area contributed by atoms with Gasteiger partial charge in [-0.1, -0.05) is 12.2 Å². The molecule has 0 saturated carbocycles. The van der Waals surface area contributed by atoms with Gasteiger partial charge in [0.1, 0.15) is 0 Å². The molecule has 0 unspecified atom stereocenters. The first kappa shape index (κ1) is 17.0. The zero-order valence-corrected chi connectivity index (χ0v) is 12.9. The van der Waals surface area contributed by atoms with Gasteiger partial charge in [-0.05, 0) is 32.0 Å². The lowest BCUT2D eigenvalue weighted by molar-refractivity contribution is 0.0926. The number of carbonyl (C=O) groups excluding carboxylic acids is 1. The minimum Gasteiger partial charge on any atom is -0.493 e. The Morgan fingerprint density at radius 1 is 1.33 bits per heavy atom. The second-order valence-electron chi connectivity index (χ2n) is 4.56. The Morgan fingerprint density at radius 2 is 2.10 bits per heavy atom. The average molecular weight is 293 g/mol. The molecule has 0 aliphatic heterocycles. The highest BCUT2D eigenvalue weighted by Crippen LogP contribution is 2.27.